The number of rotatable bonds is 4. The predicted molar refractivity (Wildman–Crippen MR) is 98.1 cm³/mol. The van der Waals surface area contributed by atoms with Crippen LogP contribution in [0.2, 0.25) is 0 Å². The summed E-state index contributed by atoms with van der Waals surface area (Å²) < 4.78 is 13.9. The number of fused-ring (bicyclic) bond motifs is 1. The number of aromatic carboxylic acids is 1. The third kappa shape index (κ3) is 3.62. The van der Waals surface area contributed by atoms with Crippen molar-refractivity contribution in [2.24, 2.45) is 0 Å². The Bertz CT molecular complexity index is 995. The van der Waals surface area contributed by atoms with Crippen molar-refractivity contribution < 1.29 is 14.3 Å². The average Bonchev–Trinajstić information content (AvgIpc) is 2.68. The van der Waals surface area contributed by atoms with E-state index < -0.39 is 11.8 Å². The summed E-state index contributed by atoms with van der Waals surface area (Å²) >= 11 is 0. The largest absolute Gasteiger partial charge is 0.478 e. The molecule has 1 aliphatic carbocycles. The first-order chi connectivity index (χ1) is 13.1. The number of hydrogen-bond acceptors (Lipinski definition) is 5. The molecule has 0 amide bonds. The van der Waals surface area contributed by atoms with Gasteiger partial charge in [-0.1, -0.05) is 0 Å². The number of pyridine rings is 1. The van der Waals surface area contributed by atoms with Gasteiger partial charge in [-0.2, -0.15) is 0 Å². The monoisotopic (exact) mass is 364 g/mol. The van der Waals surface area contributed by atoms with Gasteiger partial charge in [0.2, 0.25) is 5.95 Å². The van der Waals surface area contributed by atoms with Gasteiger partial charge in [0.05, 0.1) is 11.3 Å². The van der Waals surface area contributed by atoms with E-state index in [-0.39, 0.29) is 11.6 Å². The first-order valence-corrected chi connectivity index (χ1v) is 8.65. The molecule has 2 aromatic heterocycles. The highest BCUT2D eigenvalue weighted by Crippen LogP contribution is 2.26. The first-order valence-electron chi connectivity index (χ1n) is 8.65. The molecule has 2 heterocycles. The zero-order valence-electron chi connectivity index (χ0n) is 14.4. The van der Waals surface area contributed by atoms with E-state index in [0.717, 1.165) is 28.8 Å². The zero-order valence-corrected chi connectivity index (χ0v) is 14.4. The quantitative estimate of drug-likeness (QED) is 0.738. The molecule has 7 heteroatoms. The second-order valence-corrected chi connectivity index (χ2v) is 6.50. The molecule has 0 bridgehead atoms. The van der Waals surface area contributed by atoms with E-state index in [1.807, 2.05) is 18.2 Å². The normalized spacial score (nSPS) is 15.8. The molecule has 4 rings (SSSR count). The van der Waals surface area contributed by atoms with Crippen molar-refractivity contribution in [2.45, 2.75) is 25.3 Å². The predicted octanol–water partition coefficient (Wildman–Crippen LogP) is 3.35. The van der Waals surface area contributed by atoms with Gasteiger partial charge >= 0.3 is 5.97 Å². The van der Waals surface area contributed by atoms with Crippen molar-refractivity contribution in [2.75, 3.05) is 5.32 Å². The fraction of sp³-hybridized carbons (Fsp3) is 0.200. The van der Waals surface area contributed by atoms with E-state index in [4.69, 9.17) is 5.11 Å². The van der Waals surface area contributed by atoms with Crippen LogP contribution in [0.5, 0.6) is 0 Å². The van der Waals surface area contributed by atoms with Crippen molar-refractivity contribution in [3.05, 3.63) is 71.4 Å². The van der Waals surface area contributed by atoms with Crippen LogP contribution in [0.4, 0.5) is 10.3 Å². The van der Waals surface area contributed by atoms with Crippen LogP contribution in [0.1, 0.15) is 27.9 Å². The summed E-state index contributed by atoms with van der Waals surface area (Å²) in [4.78, 5) is 24.1. The molecule has 0 aliphatic heterocycles. The topological polar surface area (TPSA) is 88.0 Å². The molecular weight excluding hydrogens is 347 g/mol. The SMILES string of the molecule is O=C(O)c1cc2c(cc1F)CCC(Nc1nccc(-c3cccnc3)n1)C2. The van der Waals surface area contributed by atoms with Gasteiger partial charge < -0.3 is 10.4 Å². The number of halogens is 1. The molecule has 1 unspecified atom stereocenters. The van der Waals surface area contributed by atoms with Gasteiger partial charge in [-0.05, 0) is 60.7 Å². The van der Waals surface area contributed by atoms with Crippen LogP contribution in [-0.4, -0.2) is 32.1 Å². The minimum absolute atomic E-state index is 0.0498. The van der Waals surface area contributed by atoms with Gasteiger partial charge in [0.25, 0.3) is 0 Å². The van der Waals surface area contributed by atoms with Gasteiger partial charge in [-0.3, -0.25) is 4.98 Å². The molecule has 0 saturated carbocycles. The van der Waals surface area contributed by atoms with Gasteiger partial charge in [0.15, 0.2) is 0 Å². The van der Waals surface area contributed by atoms with Crippen LogP contribution in [-0.2, 0) is 12.8 Å². The Labute approximate surface area is 155 Å². The van der Waals surface area contributed by atoms with E-state index in [0.29, 0.717) is 18.8 Å². The highest BCUT2D eigenvalue weighted by molar-refractivity contribution is 5.88. The maximum absolute atomic E-state index is 13.9. The Morgan fingerprint density at radius 1 is 1.22 bits per heavy atom. The number of hydrogen-bond donors (Lipinski definition) is 2. The molecule has 0 radical (unpaired) electrons. The zero-order chi connectivity index (χ0) is 18.8. The maximum Gasteiger partial charge on any atom is 0.338 e. The molecule has 0 fully saturated rings. The van der Waals surface area contributed by atoms with E-state index in [9.17, 15) is 9.18 Å². The Morgan fingerprint density at radius 3 is 2.89 bits per heavy atom. The molecule has 0 saturated heterocycles. The summed E-state index contributed by atoms with van der Waals surface area (Å²) in [7, 11) is 0. The highest BCUT2D eigenvalue weighted by Gasteiger charge is 2.23. The molecule has 136 valence electrons. The van der Waals surface area contributed by atoms with Gasteiger partial charge in [0.1, 0.15) is 5.82 Å². The van der Waals surface area contributed by atoms with Gasteiger partial charge in [-0.25, -0.2) is 19.2 Å². The summed E-state index contributed by atoms with van der Waals surface area (Å²) in [6.07, 6.45) is 7.19. The van der Waals surface area contributed by atoms with Crippen LogP contribution in [0.25, 0.3) is 11.3 Å². The minimum Gasteiger partial charge on any atom is -0.478 e. The molecule has 1 atom stereocenters. The van der Waals surface area contributed by atoms with Gasteiger partial charge in [0, 0.05) is 30.2 Å². The Hall–Kier alpha value is -3.35. The Balaban J connectivity index is 1.54. The third-order valence-electron chi connectivity index (χ3n) is 4.69. The number of carboxylic acid groups (broad SMARTS) is 1. The van der Waals surface area contributed by atoms with Crippen molar-refractivity contribution >= 4 is 11.9 Å². The molecular formula is C20H17FN4O2. The Morgan fingerprint density at radius 2 is 2.11 bits per heavy atom. The van der Waals surface area contributed by atoms with Crippen molar-refractivity contribution in [3.8, 4) is 11.3 Å². The summed E-state index contributed by atoms with van der Waals surface area (Å²) in [6, 6.07) is 8.43. The van der Waals surface area contributed by atoms with Crippen LogP contribution in [0, 0.1) is 5.82 Å². The lowest BCUT2D eigenvalue weighted by atomic mass is 9.87. The number of benzene rings is 1. The molecule has 2 N–H and O–H groups in total. The van der Waals surface area contributed by atoms with Gasteiger partial charge in [-0.15, -0.1) is 0 Å². The number of nitrogens with zero attached hydrogens (tertiary/aromatic N) is 3. The summed E-state index contributed by atoms with van der Waals surface area (Å²) in [5, 5.41) is 12.4. The smallest absolute Gasteiger partial charge is 0.338 e. The van der Waals surface area contributed by atoms with E-state index in [1.54, 1.807) is 18.6 Å². The number of anilines is 1. The van der Waals surface area contributed by atoms with Crippen LogP contribution >= 0.6 is 0 Å². The molecule has 0 spiro atoms. The summed E-state index contributed by atoms with van der Waals surface area (Å²) in [5.74, 6) is -1.43. The van der Waals surface area contributed by atoms with E-state index >= 15 is 0 Å². The van der Waals surface area contributed by atoms with E-state index in [2.05, 4.69) is 20.3 Å². The van der Waals surface area contributed by atoms with Crippen molar-refractivity contribution in [1.82, 2.24) is 15.0 Å². The maximum atomic E-state index is 13.9. The second kappa shape index (κ2) is 7.11. The number of carboxylic acids is 1. The fourth-order valence-electron chi connectivity index (χ4n) is 3.35. The molecule has 6 nitrogen and oxygen atoms in total. The molecule has 27 heavy (non-hydrogen) atoms. The Kier molecular flexibility index (Phi) is 4.50. The fourth-order valence-corrected chi connectivity index (χ4v) is 3.35. The highest BCUT2D eigenvalue weighted by atomic mass is 19.1. The average molecular weight is 364 g/mol. The molecule has 3 aromatic rings. The number of aromatic nitrogens is 3. The summed E-state index contributed by atoms with van der Waals surface area (Å²) in [5.41, 5.74) is 3.09. The molecule has 1 aromatic carbocycles. The minimum atomic E-state index is -1.25. The van der Waals surface area contributed by atoms with Crippen LogP contribution in [0.15, 0.2) is 48.9 Å². The number of carbonyl (C=O) groups is 1. The molecule has 1 aliphatic rings. The third-order valence-corrected chi connectivity index (χ3v) is 4.69. The standard InChI is InChI=1S/C20H17FN4O2/c21-17-10-12-3-4-15(8-14(12)9-16(17)19(26)27)24-20-23-7-5-18(25-20)13-2-1-6-22-11-13/h1-2,5-7,9-11,15H,3-4,8H2,(H,26,27)(H,23,24,25). The van der Waals surface area contributed by atoms with Crippen molar-refractivity contribution in [1.29, 1.82) is 0 Å². The number of nitrogens with one attached hydrogen (secondary N) is 1. The lowest BCUT2D eigenvalue weighted by Crippen LogP contribution is -2.28. The summed E-state index contributed by atoms with van der Waals surface area (Å²) in [6.45, 7) is 0. The van der Waals surface area contributed by atoms with Crippen LogP contribution in [0.3, 0.4) is 0 Å². The van der Waals surface area contributed by atoms with Crippen molar-refractivity contribution in [3.63, 3.8) is 0 Å². The lowest BCUT2D eigenvalue weighted by molar-refractivity contribution is 0.0691. The lowest BCUT2D eigenvalue weighted by Gasteiger charge is -2.26. The number of aryl methyl sites for hydroxylation is 1. The first kappa shape index (κ1) is 17.1. The second-order valence-electron chi connectivity index (χ2n) is 6.50. The van der Waals surface area contributed by atoms with Crippen LogP contribution < -0.4 is 5.32 Å². The van der Waals surface area contributed by atoms with E-state index in [1.165, 1.54) is 12.1 Å².